The average molecular weight is 341 g/mol. The number of ether oxygens (including phenoxy) is 1. The number of likely N-dealkylation sites (N-methyl/N-ethyl adjacent to an activating group) is 1. The number of aliphatic hydroxyl groups excluding tert-OH is 1. The number of anilines is 3. The van der Waals surface area contributed by atoms with Crippen molar-refractivity contribution in [2.75, 3.05) is 30.1 Å². The summed E-state index contributed by atoms with van der Waals surface area (Å²) in [6.45, 7) is 3.47. The number of nitrogens with two attached hydrogens (primary N) is 1. The molecular weight excluding hydrogens is 318 g/mol. The quantitative estimate of drug-likeness (QED) is 0.747. The van der Waals surface area contributed by atoms with Crippen LogP contribution in [-0.2, 0) is 11.4 Å². The smallest absolute Gasteiger partial charge is 0.251 e. The lowest BCUT2D eigenvalue weighted by Gasteiger charge is -2.39. The van der Waals surface area contributed by atoms with Crippen molar-refractivity contribution in [3.05, 3.63) is 35.9 Å². The van der Waals surface area contributed by atoms with Crippen molar-refractivity contribution in [1.82, 2.24) is 0 Å². The number of nitrogens with one attached hydrogen (secondary N) is 1. The Morgan fingerprint density at radius 1 is 1.24 bits per heavy atom. The molecule has 1 aliphatic heterocycles. The zero-order valence-electron chi connectivity index (χ0n) is 14.9. The second-order valence-electron chi connectivity index (χ2n) is 6.72. The summed E-state index contributed by atoms with van der Waals surface area (Å²) in [5.74, 6) is 0.559. The minimum Gasteiger partial charge on any atom is -0.496 e. The van der Waals surface area contributed by atoms with Gasteiger partial charge in [-0.1, -0.05) is 6.07 Å². The van der Waals surface area contributed by atoms with Crippen LogP contribution in [0.15, 0.2) is 30.3 Å². The van der Waals surface area contributed by atoms with Gasteiger partial charge in [-0.2, -0.15) is 0 Å². The maximum absolute atomic E-state index is 12.6. The maximum Gasteiger partial charge on any atom is 0.251 e. The van der Waals surface area contributed by atoms with Crippen LogP contribution in [0.3, 0.4) is 0 Å². The summed E-state index contributed by atoms with van der Waals surface area (Å²) in [7, 11) is 3.31. The molecule has 1 amide bonds. The van der Waals surface area contributed by atoms with Crippen LogP contribution in [0.1, 0.15) is 19.4 Å². The molecule has 4 N–H and O–H groups in total. The van der Waals surface area contributed by atoms with Crippen LogP contribution in [0.4, 0.5) is 17.1 Å². The van der Waals surface area contributed by atoms with Gasteiger partial charge < -0.3 is 25.8 Å². The van der Waals surface area contributed by atoms with Crippen LogP contribution in [0, 0.1) is 0 Å². The predicted molar refractivity (Wildman–Crippen MR) is 99.9 cm³/mol. The van der Waals surface area contributed by atoms with Gasteiger partial charge in [0.1, 0.15) is 11.3 Å². The number of nitrogen functional groups attached to an aromatic ring is 1. The number of benzene rings is 2. The summed E-state index contributed by atoms with van der Waals surface area (Å²) in [4.78, 5) is 14.2. The van der Waals surface area contributed by atoms with Gasteiger partial charge in [-0.05, 0) is 37.6 Å². The molecule has 0 radical (unpaired) electrons. The molecule has 0 atom stereocenters. The Balaban J connectivity index is 2.25. The molecule has 132 valence electrons. The van der Waals surface area contributed by atoms with E-state index in [4.69, 9.17) is 10.5 Å². The molecule has 0 saturated carbocycles. The first-order chi connectivity index (χ1) is 11.8. The summed E-state index contributed by atoms with van der Waals surface area (Å²) in [6, 6.07) is 9.23. The number of carbonyl (C=O) groups excluding carboxylic acids is 1. The molecule has 1 aliphatic rings. The fourth-order valence-electron chi connectivity index (χ4n) is 3.37. The summed E-state index contributed by atoms with van der Waals surface area (Å²) in [6.07, 6.45) is 0. The molecule has 0 aliphatic carbocycles. The van der Waals surface area contributed by atoms with E-state index in [0.29, 0.717) is 22.7 Å². The van der Waals surface area contributed by atoms with Gasteiger partial charge in [-0.15, -0.1) is 0 Å². The summed E-state index contributed by atoms with van der Waals surface area (Å²) < 4.78 is 5.45. The van der Waals surface area contributed by atoms with Gasteiger partial charge in [0, 0.05) is 29.9 Å². The van der Waals surface area contributed by atoms with Crippen LogP contribution in [0.5, 0.6) is 5.75 Å². The monoisotopic (exact) mass is 341 g/mol. The highest BCUT2D eigenvalue weighted by molar-refractivity contribution is 6.08. The lowest BCUT2D eigenvalue weighted by molar-refractivity contribution is -0.121. The Hall–Kier alpha value is -2.73. The van der Waals surface area contributed by atoms with Crippen molar-refractivity contribution in [2.24, 2.45) is 0 Å². The standard InChI is InChI=1S/C19H23N3O3/c1-19(2)18(24)22(3)17-14(10-23)12(7-8-15(17)21-19)13-6-5-11(20)9-16(13)25-4/h5-9,21,23H,10,20H2,1-4H3. The molecule has 0 aromatic heterocycles. The van der Waals surface area contributed by atoms with E-state index >= 15 is 0 Å². The van der Waals surface area contributed by atoms with E-state index in [2.05, 4.69) is 5.32 Å². The van der Waals surface area contributed by atoms with E-state index in [9.17, 15) is 9.90 Å². The molecule has 0 spiro atoms. The van der Waals surface area contributed by atoms with E-state index in [1.54, 1.807) is 31.2 Å². The van der Waals surface area contributed by atoms with Gasteiger partial charge in [0.15, 0.2) is 0 Å². The first-order valence-corrected chi connectivity index (χ1v) is 8.07. The Bertz CT molecular complexity index is 846. The number of methoxy groups -OCH3 is 1. The predicted octanol–water partition coefficient (Wildman–Crippen LogP) is 2.60. The SMILES string of the molecule is COc1cc(N)ccc1-c1ccc2c(c1CO)N(C)C(=O)C(C)(C)N2. The van der Waals surface area contributed by atoms with E-state index < -0.39 is 5.54 Å². The number of hydrogen-bond donors (Lipinski definition) is 3. The lowest BCUT2D eigenvalue weighted by atomic mass is 9.92. The van der Waals surface area contributed by atoms with Crippen molar-refractivity contribution in [1.29, 1.82) is 0 Å². The van der Waals surface area contributed by atoms with Crippen LogP contribution in [-0.4, -0.2) is 30.7 Å². The minimum absolute atomic E-state index is 0.0591. The highest BCUT2D eigenvalue weighted by Gasteiger charge is 2.38. The number of aliphatic hydroxyl groups is 1. The van der Waals surface area contributed by atoms with Gasteiger partial charge in [-0.3, -0.25) is 4.79 Å². The molecule has 2 aromatic rings. The van der Waals surface area contributed by atoms with Crippen LogP contribution in [0.2, 0.25) is 0 Å². The van der Waals surface area contributed by atoms with Gasteiger partial charge in [0.05, 0.1) is 25.1 Å². The average Bonchev–Trinajstić information content (AvgIpc) is 2.58. The van der Waals surface area contributed by atoms with Crippen molar-refractivity contribution < 1.29 is 14.6 Å². The molecule has 25 heavy (non-hydrogen) atoms. The number of rotatable bonds is 3. The third-order valence-corrected chi connectivity index (χ3v) is 4.58. The Morgan fingerprint density at radius 2 is 1.92 bits per heavy atom. The van der Waals surface area contributed by atoms with Crippen LogP contribution in [0.25, 0.3) is 11.1 Å². The number of hydrogen-bond acceptors (Lipinski definition) is 5. The van der Waals surface area contributed by atoms with Crippen LogP contribution >= 0.6 is 0 Å². The van der Waals surface area contributed by atoms with E-state index in [-0.39, 0.29) is 12.5 Å². The highest BCUT2D eigenvalue weighted by atomic mass is 16.5. The fraction of sp³-hybridized carbons (Fsp3) is 0.316. The normalized spacial score (nSPS) is 15.6. The number of carbonyl (C=O) groups is 1. The van der Waals surface area contributed by atoms with Crippen molar-refractivity contribution in [2.45, 2.75) is 26.0 Å². The fourth-order valence-corrected chi connectivity index (χ4v) is 3.37. The Kier molecular flexibility index (Phi) is 4.08. The lowest BCUT2D eigenvalue weighted by Crippen LogP contribution is -2.52. The molecule has 0 unspecified atom stereocenters. The largest absolute Gasteiger partial charge is 0.496 e. The molecule has 0 fully saturated rings. The van der Waals surface area contributed by atoms with Crippen molar-refractivity contribution in [3.8, 4) is 16.9 Å². The number of amides is 1. The second kappa shape index (κ2) is 5.97. The second-order valence-corrected chi connectivity index (χ2v) is 6.72. The number of fused-ring (bicyclic) bond motifs is 1. The van der Waals surface area contributed by atoms with Gasteiger partial charge >= 0.3 is 0 Å². The topological polar surface area (TPSA) is 87.8 Å². The van der Waals surface area contributed by atoms with Gasteiger partial charge in [0.2, 0.25) is 0 Å². The van der Waals surface area contributed by atoms with Gasteiger partial charge in [-0.25, -0.2) is 0 Å². The van der Waals surface area contributed by atoms with Gasteiger partial charge in [0.25, 0.3) is 5.91 Å². The summed E-state index contributed by atoms with van der Waals surface area (Å²) >= 11 is 0. The first-order valence-electron chi connectivity index (χ1n) is 8.07. The third-order valence-electron chi connectivity index (χ3n) is 4.58. The molecule has 0 saturated heterocycles. The molecular formula is C19H23N3O3. The summed E-state index contributed by atoms with van der Waals surface area (Å²) in [5.41, 5.74) is 9.52. The highest BCUT2D eigenvalue weighted by Crippen LogP contribution is 2.44. The van der Waals surface area contributed by atoms with Crippen molar-refractivity contribution in [3.63, 3.8) is 0 Å². The molecule has 0 bridgehead atoms. The van der Waals surface area contributed by atoms with E-state index in [1.807, 2.05) is 32.0 Å². The number of nitrogens with zero attached hydrogens (tertiary/aromatic N) is 1. The van der Waals surface area contributed by atoms with Crippen LogP contribution < -0.4 is 20.7 Å². The Labute approximate surface area is 147 Å². The van der Waals surface area contributed by atoms with E-state index in [0.717, 1.165) is 16.8 Å². The zero-order valence-corrected chi connectivity index (χ0v) is 14.9. The molecule has 6 heteroatoms. The molecule has 1 heterocycles. The molecule has 2 aromatic carbocycles. The summed E-state index contributed by atoms with van der Waals surface area (Å²) in [5, 5.41) is 13.3. The maximum atomic E-state index is 12.6. The Morgan fingerprint density at radius 3 is 2.56 bits per heavy atom. The molecule has 6 nitrogen and oxygen atoms in total. The van der Waals surface area contributed by atoms with Crippen molar-refractivity contribution >= 4 is 23.0 Å². The minimum atomic E-state index is -0.700. The molecule has 3 rings (SSSR count). The zero-order chi connectivity index (χ0) is 18.4. The first kappa shape index (κ1) is 17.1. The third kappa shape index (κ3) is 2.68. The van der Waals surface area contributed by atoms with E-state index in [1.165, 1.54) is 0 Å².